The van der Waals surface area contributed by atoms with E-state index in [0.717, 1.165) is 19.3 Å². The van der Waals surface area contributed by atoms with Gasteiger partial charge in [0.2, 0.25) is 0 Å². The number of oxime groups is 1. The largest absolute Gasteiger partial charge is 0.409 e. The van der Waals surface area contributed by atoms with Gasteiger partial charge in [-0.15, -0.1) is 0 Å². The lowest BCUT2D eigenvalue weighted by Crippen LogP contribution is -2.43. The molecule has 4 nitrogen and oxygen atoms in total. The van der Waals surface area contributed by atoms with Gasteiger partial charge in [-0.1, -0.05) is 44.2 Å². The number of nitrogens with two attached hydrogens (primary N) is 1. The lowest BCUT2D eigenvalue weighted by atomic mass is 10.1. The van der Waals surface area contributed by atoms with E-state index in [1.54, 1.807) is 0 Å². The van der Waals surface area contributed by atoms with Gasteiger partial charge in [-0.2, -0.15) is 13.2 Å². The Kier molecular flexibility index (Phi) is 9.38. The Bertz CT molecular complexity index is 257. The van der Waals surface area contributed by atoms with Crippen LogP contribution in [0.2, 0.25) is 0 Å². The number of alkyl halides is 3. The fourth-order valence-electron chi connectivity index (χ4n) is 1.73. The first kappa shape index (κ1) is 18.0. The highest BCUT2D eigenvalue weighted by Crippen LogP contribution is 2.25. The SMILES string of the molecule is CCCCCCCCNCC(C(N)=NO)C(F)(F)F. The Hall–Kier alpha value is -0.980. The molecule has 0 aliphatic carbocycles. The molecule has 0 aromatic heterocycles. The molecule has 4 N–H and O–H groups in total. The summed E-state index contributed by atoms with van der Waals surface area (Å²) < 4.78 is 37.7. The first-order valence-electron chi connectivity index (χ1n) is 6.68. The molecule has 0 spiro atoms. The van der Waals surface area contributed by atoms with Crippen molar-refractivity contribution in [3.63, 3.8) is 0 Å². The number of rotatable bonds is 10. The van der Waals surface area contributed by atoms with Crippen LogP contribution in [0, 0.1) is 5.92 Å². The van der Waals surface area contributed by atoms with E-state index in [9.17, 15) is 13.2 Å². The Labute approximate surface area is 112 Å². The minimum Gasteiger partial charge on any atom is -0.409 e. The number of hydrogen-bond donors (Lipinski definition) is 3. The molecule has 0 aliphatic rings. The van der Waals surface area contributed by atoms with E-state index in [0.29, 0.717) is 6.54 Å². The molecule has 0 aromatic rings. The molecule has 7 heteroatoms. The van der Waals surface area contributed by atoms with Crippen molar-refractivity contribution in [1.82, 2.24) is 5.32 Å². The highest BCUT2D eigenvalue weighted by Gasteiger charge is 2.42. The molecule has 1 unspecified atom stereocenters. The van der Waals surface area contributed by atoms with E-state index in [-0.39, 0.29) is 6.54 Å². The minimum atomic E-state index is -4.50. The Morgan fingerprint density at radius 1 is 1.21 bits per heavy atom. The topological polar surface area (TPSA) is 70.6 Å². The van der Waals surface area contributed by atoms with Gasteiger partial charge < -0.3 is 16.3 Å². The van der Waals surface area contributed by atoms with Gasteiger partial charge in [-0.05, 0) is 13.0 Å². The Morgan fingerprint density at radius 3 is 2.32 bits per heavy atom. The third-order valence-corrected chi connectivity index (χ3v) is 2.92. The second kappa shape index (κ2) is 9.89. The van der Waals surface area contributed by atoms with Gasteiger partial charge in [0.25, 0.3) is 0 Å². The van der Waals surface area contributed by atoms with E-state index in [4.69, 9.17) is 10.9 Å². The van der Waals surface area contributed by atoms with Gasteiger partial charge in [-0.3, -0.25) is 0 Å². The predicted molar refractivity (Wildman–Crippen MR) is 69.2 cm³/mol. The highest BCUT2D eigenvalue weighted by molar-refractivity contribution is 5.83. The van der Waals surface area contributed by atoms with Crippen LogP contribution in [0.5, 0.6) is 0 Å². The molecule has 0 radical (unpaired) electrons. The van der Waals surface area contributed by atoms with Crippen LogP contribution >= 0.6 is 0 Å². The van der Waals surface area contributed by atoms with E-state index < -0.39 is 17.9 Å². The predicted octanol–water partition coefficient (Wildman–Crippen LogP) is 2.86. The Morgan fingerprint density at radius 2 is 1.79 bits per heavy atom. The summed E-state index contributed by atoms with van der Waals surface area (Å²) in [7, 11) is 0. The summed E-state index contributed by atoms with van der Waals surface area (Å²) in [6.07, 6.45) is 2.00. The average molecular weight is 283 g/mol. The lowest BCUT2D eigenvalue weighted by molar-refractivity contribution is -0.154. The maximum Gasteiger partial charge on any atom is 0.400 e. The zero-order chi connectivity index (χ0) is 14.7. The van der Waals surface area contributed by atoms with Gasteiger partial charge >= 0.3 is 6.18 Å². The molecule has 1 atom stereocenters. The second-order valence-electron chi connectivity index (χ2n) is 4.59. The fraction of sp³-hybridized carbons (Fsp3) is 0.917. The van der Waals surface area contributed by atoms with Crippen molar-refractivity contribution < 1.29 is 18.4 Å². The maximum atomic E-state index is 12.6. The first-order valence-corrected chi connectivity index (χ1v) is 6.68. The van der Waals surface area contributed by atoms with Crippen molar-refractivity contribution in [2.45, 2.75) is 51.6 Å². The van der Waals surface area contributed by atoms with Gasteiger partial charge in [0.1, 0.15) is 5.92 Å². The fourth-order valence-corrected chi connectivity index (χ4v) is 1.73. The molecule has 114 valence electrons. The number of halogens is 3. The molecule has 19 heavy (non-hydrogen) atoms. The van der Waals surface area contributed by atoms with Crippen LogP contribution in [0.3, 0.4) is 0 Å². The number of nitrogens with zero attached hydrogens (tertiary/aromatic N) is 1. The zero-order valence-electron chi connectivity index (χ0n) is 11.3. The molecule has 0 aromatic carbocycles. The van der Waals surface area contributed by atoms with Crippen LogP contribution in [0.1, 0.15) is 45.4 Å². The van der Waals surface area contributed by atoms with Gasteiger partial charge in [0.05, 0.1) is 0 Å². The summed E-state index contributed by atoms with van der Waals surface area (Å²) in [6.45, 7) is 2.29. The number of unbranched alkanes of at least 4 members (excludes halogenated alkanes) is 5. The number of nitrogens with one attached hydrogen (secondary N) is 1. The zero-order valence-corrected chi connectivity index (χ0v) is 11.3. The quantitative estimate of drug-likeness (QED) is 0.190. The summed E-state index contributed by atoms with van der Waals surface area (Å²) in [5.74, 6) is -2.74. The van der Waals surface area contributed by atoms with Crippen molar-refractivity contribution in [3.8, 4) is 0 Å². The maximum absolute atomic E-state index is 12.6. The smallest absolute Gasteiger partial charge is 0.400 e. The molecular formula is C12H24F3N3O. The lowest BCUT2D eigenvalue weighted by Gasteiger charge is -2.19. The van der Waals surface area contributed by atoms with E-state index in [1.807, 2.05) is 0 Å². The van der Waals surface area contributed by atoms with Crippen LogP contribution in [0.15, 0.2) is 5.16 Å². The van der Waals surface area contributed by atoms with Crippen molar-refractivity contribution in [3.05, 3.63) is 0 Å². The van der Waals surface area contributed by atoms with Crippen LogP contribution in [0.4, 0.5) is 13.2 Å². The number of hydrogen-bond acceptors (Lipinski definition) is 3. The molecular weight excluding hydrogens is 259 g/mol. The summed E-state index contributed by atoms with van der Waals surface area (Å²) in [5, 5.41) is 13.5. The first-order chi connectivity index (χ1) is 8.93. The van der Waals surface area contributed by atoms with Crippen LogP contribution < -0.4 is 11.1 Å². The third-order valence-electron chi connectivity index (χ3n) is 2.92. The molecule has 0 heterocycles. The normalized spacial score (nSPS) is 14.6. The second-order valence-corrected chi connectivity index (χ2v) is 4.59. The van der Waals surface area contributed by atoms with Gasteiger partial charge in [-0.25, -0.2) is 0 Å². The minimum absolute atomic E-state index is 0.353. The molecule has 0 rings (SSSR count). The molecule has 0 aliphatic heterocycles. The molecule has 0 saturated carbocycles. The number of amidine groups is 1. The van der Waals surface area contributed by atoms with Crippen LogP contribution in [-0.4, -0.2) is 30.3 Å². The summed E-state index contributed by atoms with van der Waals surface area (Å²) in [5.41, 5.74) is 5.04. The Balaban J connectivity index is 3.77. The molecule has 0 amide bonds. The van der Waals surface area contributed by atoms with Crippen molar-refractivity contribution in [1.29, 1.82) is 0 Å². The molecule has 0 bridgehead atoms. The summed E-state index contributed by atoms with van der Waals surface area (Å²) in [4.78, 5) is 0. The highest BCUT2D eigenvalue weighted by atomic mass is 19.4. The van der Waals surface area contributed by atoms with Gasteiger partial charge in [0, 0.05) is 6.54 Å². The van der Waals surface area contributed by atoms with Crippen LogP contribution in [0.25, 0.3) is 0 Å². The summed E-state index contributed by atoms with van der Waals surface area (Å²) in [6, 6.07) is 0. The van der Waals surface area contributed by atoms with E-state index in [1.165, 1.54) is 19.3 Å². The van der Waals surface area contributed by atoms with E-state index in [2.05, 4.69) is 17.4 Å². The third kappa shape index (κ3) is 8.69. The van der Waals surface area contributed by atoms with E-state index >= 15 is 0 Å². The monoisotopic (exact) mass is 283 g/mol. The standard InChI is InChI=1S/C12H24F3N3O/c1-2-3-4-5-6-7-8-17-9-10(11(16)18-19)12(13,14)15/h10,17,19H,2-9H2,1H3,(H2,16,18). The molecule has 0 fully saturated rings. The van der Waals surface area contributed by atoms with Crippen molar-refractivity contribution in [2.24, 2.45) is 16.8 Å². The average Bonchev–Trinajstić information content (AvgIpc) is 2.34. The molecule has 0 saturated heterocycles. The summed E-state index contributed by atoms with van der Waals surface area (Å²) >= 11 is 0. The van der Waals surface area contributed by atoms with Gasteiger partial charge in [0.15, 0.2) is 5.84 Å². The van der Waals surface area contributed by atoms with Crippen LogP contribution in [-0.2, 0) is 0 Å². The van der Waals surface area contributed by atoms with Crippen molar-refractivity contribution >= 4 is 5.84 Å². The van der Waals surface area contributed by atoms with Crippen molar-refractivity contribution in [2.75, 3.05) is 13.1 Å².